The van der Waals surface area contributed by atoms with Crippen LogP contribution in [0.25, 0.3) is 0 Å². The molecule has 3 nitrogen and oxygen atoms in total. The molecular formula is C13H17BrO3. The van der Waals surface area contributed by atoms with E-state index in [-0.39, 0.29) is 0 Å². The molecule has 1 atom stereocenters. The van der Waals surface area contributed by atoms with E-state index in [1.54, 1.807) is 32.9 Å². The molecule has 17 heavy (non-hydrogen) atoms. The van der Waals surface area contributed by atoms with Crippen LogP contribution in [0.5, 0.6) is 0 Å². The third-order valence-corrected chi connectivity index (χ3v) is 3.20. The average Bonchev–Trinajstić information content (AvgIpc) is 2.29. The van der Waals surface area contributed by atoms with Crippen LogP contribution in [0.1, 0.15) is 32.4 Å². The fourth-order valence-corrected chi connectivity index (χ4v) is 1.75. The normalized spacial score (nSPS) is 13.2. The molecule has 0 amide bonds. The lowest BCUT2D eigenvalue weighted by atomic mass is 9.83. The summed E-state index contributed by atoms with van der Waals surface area (Å²) in [6, 6.07) is 7.24. The van der Waals surface area contributed by atoms with Crippen LogP contribution in [0, 0.1) is 5.41 Å². The number of benzene rings is 1. The molecule has 0 aliphatic rings. The molecule has 0 heterocycles. The average molecular weight is 301 g/mol. The fraction of sp³-hybridized carbons (Fsp3) is 0.462. The Labute approximate surface area is 110 Å². The van der Waals surface area contributed by atoms with Gasteiger partial charge in [-0.2, -0.15) is 0 Å². The first-order valence-corrected chi connectivity index (χ1v) is 6.29. The zero-order valence-electron chi connectivity index (χ0n) is 10.2. The van der Waals surface area contributed by atoms with E-state index < -0.39 is 17.5 Å². The highest BCUT2D eigenvalue weighted by Crippen LogP contribution is 2.34. The van der Waals surface area contributed by atoms with Crippen LogP contribution in [0.2, 0.25) is 0 Å². The summed E-state index contributed by atoms with van der Waals surface area (Å²) >= 11 is 3.33. The maximum Gasteiger partial charge on any atom is 0.314 e. The van der Waals surface area contributed by atoms with E-state index >= 15 is 0 Å². The van der Waals surface area contributed by atoms with Gasteiger partial charge in [-0.3, -0.25) is 4.79 Å². The number of aliphatic hydroxyl groups is 1. The largest absolute Gasteiger partial charge is 0.465 e. The summed E-state index contributed by atoms with van der Waals surface area (Å²) in [4.78, 5) is 11.8. The first-order chi connectivity index (χ1) is 7.89. The Hall–Kier alpha value is -0.870. The quantitative estimate of drug-likeness (QED) is 0.869. The van der Waals surface area contributed by atoms with Gasteiger partial charge in [0.15, 0.2) is 0 Å². The molecule has 1 rings (SSSR count). The van der Waals surface area contributed by atoms with Crippen LogP contribution in [-0.4, -0.2) is 17.7 Å². The van der Waals surface area contributed by atoms with Gasteiger partial charge in [-0.25, -0.2) is 0 Å². The molecule has 1 aromatic rings. The lowest BCUT2D eigenvalue weighted by molar-refractivity contribution is -0.160. The molecule has 1 aromatic carbocycles. The first kappa shape index (κ1) is 14.2. The van der Waals surface area contributed by atoms with Gasteiger partial charge in [-0.05, 0) is 38.5 Å². The highest BCUT2D eigenvalue weighted by molar-refractivity contribution is 9.10. The van der Waals surface area contributed by atoms with Crippen molar-refractivity contribution in [2.24, 2.45) is 5.41 Å². The Kier molecular flexibility index (Phi) is 4.71. The minimum Gasteiger partial charge on any atom is -0.465 e. The summed E-state index contributed by atoms with van der Waals surface area (Å²) in [5.74, 6) is -0.393. The Morgan fingerprint density at radius 3 is 2.41 bits per heavy atom. The van der Waals surface area contributed by atoms with Crippen molar-refractivity contribution in [3.8, 4) is 0 Å². The molecule has 94 valence electrons. The number of carbonyl (C=O) groups excluding carboxylic acids is 1. The number of hydrogen-bond acceptors (Lipinski definition) is 3. The molecule has 0 aromatic heterocycles. The van der Waals surface area contributed by atoms with Gasteiger partial charge in [0.2, 0.25) is 0 Å². The van der Waals surface area contributed by atoms with E-state index in [9.17, 15) is 9.90 Å². The lowest BCUT2D eigenvalue weighted by Gasteiger charge is -2.28. The summed E-state index contributed by atoms with van der Waals surface area (Å²) in [7, 11) is 0. The SMILES string of the molecule is CCOC(=O)C(C)(C)C(O)c1ccc(Br)cc1. The highest BCUT2D eigenvalue weighted by Gasteiger charge is 2.38. The predicted octanol–water partition coefficient (Wildman–Crippen LogP) is 3.07. The van der Waals surface area contributed by atoms with Crippen LogP contribution in [0.4, 0.5) is 0 Å². The van der Waals surface area contributed by atoms with Gasteiger partial charge in [0.05, 0.1) is 18.1 Å². The molecule has 0 spiro atoms. The first-order valence-electron chi connectivity index (χ1n) is 5.50. The number of aliphatic hydroxyl groups excluding tert-OH is 1. The van der Waals surface area contributed by atoms with Gasteiger partial charge >= 0.3 is 5.97 Å². The molecule has 0 radical (unpaired) electrons. The van der Waals surface area contributed by atoms with Crippen LogP contribution in [0.15, 0.2) is 28.7 Å². The van der Waals surface area contributed by atoms with Gasteiger partial charge in [-0.15, -0.1) is 0 Å². The van der Waals surface area contributed by atoms with Crippen molar-refractivity contribution in [3.05, 3.63) is 34.3 Å². The van der Waals surface area contributed by atoms with Crippen molar-refractivity contribution >= 4 is 21.9 Å². The van der Waals surface area contributed by atoms with E-state index in [2.05, 4.69) is 15.9 Å². The standard InChI is InChI=1S/C13H17BrO3/c1-4-17-12(16)13(2,3)11(15)9-5-7-10(14)8-6-9/h5-8,11,15H,4H2,1-3H3. The summed E-state index contributed by atoms with van der Waals surface area (Å²) in [6.07, 6.45) is -0.880. The van der Waals surface area contributed by atoms with Crippen LogP contribution in [0.3, 0.4) is 0 Å². The second-order valence-electron chi connectivity index (χ2n) is 4.40. The molecule has 0 aliphatic carbocycles. The minimum absolute atomic E-state index is 0.315. The smallest absolute Gasteiger partial charge is 0.314 e. The van der Waals surface area contributed by atoms with Crippen molar-refractivity contribution in [1.82, 2.24) is 0 Å². The van der Waals surface area contributed by atoms with Crippen molar-refractivity contribution in [2.45, 2.75) is 26.9 Å². The molecule has 4 heteroatoms. The van der Waals surface area contributed by atoms with Crippen LogP contribution in [-0.2, 0) is 9.53 Å². The van der Waals surface area contributed by atoms with E-state index in [1.165, 1.54) is 0 Å². The zero-order chi connectivity index (χ0) is 13.1. The maximum absolute atomic E-state index is 11.8. The molecule has 1 N–H and O–H groups in total. The highest BCUT2D eigenvalue weighted by atomic mass is 79.9. The third kappa shape index (κ3) is 3.30. The summed E-state index contributed by atoms with van der Waals surface area (Å²) in [5.41, 5.74) is -0.254. The van der Waals surface area contributed by atoms with Crippen molar-refractivity contribution in [2.75, 3.05) is 6.61 Å². The van der Waals surface area contributed by atoms with Crippen molar-refractivity contribution < 1.29 is 14.6 Å². The van der Waals surface area contributed by atoms with Gasteiger partial charge in [-0.1, -0.05) is 28.1 Å². The van der Waals surface area contributed by atoms with Gasteiger partial charge in [0.1, 0.15) is 0 Å². The minimum atomic E-state index is -0.955. The monoisotopic (exact) mass is 300 g/mol. The number of hydrogen-bond donors (Lipinski definition) is 1. The van der Waals surface area contributed by atoms with E-state index in [0.29, 0.717) is 12.2 Å². The van der Waals surface area contributed by atoms with Gasteiger partial charge < -0.3 is 9.84 Å². The van der Waals surface area contributed by atoms with Crippen molar-refractivity contribution in [3.63, 3.8) is 0 Å². The lowest BCUT2D eigenvalue weighted by Crippen LogP contribution is -2.33. The third-order valence-electron chi connectivity index (χ3n) is 2.67. The number of rotatable bonds is 4. The maximum atomic E-state index is 11.8. The number of halogens is 1. The molecule has 1 unspecified atom stereocenters. The molecular weight excluding hydrogens is 284 g/mol. The number of ether oxygens (including phenoxy) is 1. The molecule has 0 saturated heterocycles. The van der Waals surface area contributed by atoms with E-state index in [0.717, 1.165) is 4.47 Å². The number of carbonyl (C=O) groups is 1. The Morgan fingerprint density at radius 2 is 1.94 bits per heavy atom. The van der Waals surface area contributed by atoms with Gasteiger partial charge in [0.25, 0.3) is 0 Å². The molecule has 0 fully saturated rings. The summed E-state index contributed by atoms with van der Waals surface area (Å²) in [6.45, 7) is 5.42. The summed E-state index contributed by atoms with van der Waals surface area (Å²) in [5, 5.41) is 10.2. The van der Waals surface area contributed by atoms with Crippen LogP contribution < -0.4 is 0 Å². The van der Waals surface area contributed by atoms with Crippen molar-refractivity contribution in [1.29, 1.82) is 0 Å². The van der Waals surface area contributed by atoms with E-state index in [1.807, 2.05) is 12.1 Å². The fourth-order valence-electron chi connectivity index (χ4n) is 1.49. The predicted molar refractivity (Wildman–Crippen MR) is 69.5 cm³/mol. The Bertz CT molecular complexity index is 384. The zero-order valence-corrected chi connectivity index (χ0v) is 11.8. The summed E-state index contributed by atoms with van der Waals surface area (Å²) < 4.78 is 5.90. The molecule has 0 saturated carbocycles. The number of esters is 1. The van der Waals surface area contributed by atoms with Crippen LogP contribution >= 0.6 is 15.9 Å². The second kappa shape index (κ2) is 5.65. The van der Waals surface area contributed by atoms with E-state index in [4.69, 9.17) is 4.74 Å². The topological polar surface area (TPSA) is 46.5 Å². The Morgan fingerprint density at radius 1 is 1.41 bits per heavy atom. The molecule has 0 aliphatic heterocycles. The van der Waals surface area contributed by atoms with Gasteiger partial charge in [0, 0.05) is 4.47 Å². The molecule has 0 bridgehead atoms. The Balaban J connectivity index is 2.91. The second-order valence-corrected chi connectivity index (χ2v) is 5.31.